The van der Waals surface area contributed by atoms with Crippen LogP contribution in [0.15, 0.2) is 42.6 Å². The average Bonchev–Trinajstić information content (AvgIpc) is 3.16. The number of carbonyl (C=O) groups excluding carboxylic acids is 1. The molecule has 0 radical (unpaired) electrons. The summed E-state index contributed by atoms with van der Waals surface area (Å²) in [6.45, 7) is 5.45. The first-order valence-electron chi connectivity index (χ1n) is 10.2. The molecule has 4 rings (SSSR count). The lowest BCUT2D eigenvalue weighted by Gasteiger charge is -2.36. The zero-order valence-corrected chi connectivity index (χ0v) is 18.4. The molecule has 0 bridgehead atoms. The summed E-state index contributed by atoms with van der Waals surface area (Å²) in [5, 5.41) is 4.11. The van der Waals surface area contributed by atoms with Gasteiger partial charge in [-0.15, -0.1) is 0 Å². The van der Waals surface area contributed by atoms with E-state index in [2.05, 4.69) is 24.9 Å². The first-order chi connectivity index (χ1) is 14.8. The molecule has 0 saturated carbocycles. The maximum atomic E-state index is 13.0. The summed E-state index contributed by atoms with van der Waals surface area (Å²) in [5.41, 5.74) is 2.74. The number of hydrogen-bond acceptors (Lipinski definition) is 6. The molecule has 1 saturated heterocycles. The zero-order chi connectivity index (χ0) is 22.0. The van der Waals surface area contributed by atoms with Gasteiger partial charge in [-0.25, -0.2) is 13.4 Å². The molecule has 0 atom stereocenters. The molecule has 3 N–H and O–H groups in total. The third kappa shape index (κ3) is 4.74. The van der Waals surface area contributed by atoms with Crippen molar-refractivity contribution in [3.8, 4) is 0 Å². The predicted octanol–water partition coefficient (Wildman–Crippen LogP) is 2.33. The summed E-state index contributed by atoms with van der Waals surface area (Å²) in [7, 11) is -3.36. The molecule has 31 heavy (non-hydrogen) atoms. The van der Waals surface area contributed by atoms with Crippen LogP contribution in [0.25, 0.3) is 10.9 Å². The number of fused-ring (bicyclic) bond motifs is 1. The Morgan fingerprint density at radius 3 is 2.65 bits per heavy atom. The van der Waals surface area contributed by atoms with Gasteiger partial charge in [0.1, 0.15) is 5.69 Å². The van der Waals surface area contributed by atoms with Crippen LogP contribution in [0, 0.1) is 0 Å². The van der Waals surface area contributed by atoms with Gasteiger partial charge in [0.15, 0.2) is 5.82 Å². The van der Waals surface area contributed by atoms with Crippen molar-refractivity contribution in [3.63, 3.8) is 0 Å². The van der Waals surface area contributed by atoms with Crippen molar-refractivity contribution in [3.05, 3.63) is 48.3 Å². The van der Waals surface area contributed by atoms with Crippen molar-refractivity contribution >= 4 is 44.0 Å². The molecule has 2 aromatic heterocycles. The number of nitrogens with zero attached hydrogens (tertiary/aromatic N) is 3. The number of hydrogen-bond donors (Lipinski definition) is 3. The van der Waals surface area contributed by atoms with E-state index in [1.807, 2.05) is 24.0 Å². The lowest BCUT2D eigenvalue weighted by atomic mass is 10.2. The highest BCUT2D eigenvalue weighted by molar-refractivity contribution is 7.92. The topological polar surface area (TPSA) is 110 Å². The van der Waals surface area contributed by atoms with E-state index in [9.17, 15) is 13.2 Å². The Bertz CT molecular complexity index is 1200. The third-order valence-electron chi connectivity index (χ3n) is 5.17. The Balaban J connectivity index is 1.46. The van der Waals surface area contributed by atoms with Gasteiger partial charge in [-0.3, -0.25) is 9.52 Å². The van der Waals surface area contributed by atoms with Crippen LogP contribution in [0.1, 0.15) is 17.4 Å². The minimum Gasteiger partial charge on any atom is -0.382 e. The zero-order valence-electron chi connectivity index (χ0n) is 17.6. The SMILES string of the molecule is CCNc1cccnc1N1CCN(C(=O)c2cc3cc(NS(C)(=O)=O)ccc3[nH]2)CC1. The summed E-state index contributed by atoms with van der Waals surface area (Å²) in [6.07, 6.45) is 2.89. The number of aromatic nitrogens is 2. The van der Waals surface area contributed by atoms with E-state index in [1.54, 1.807) is 30.5 Å². The number of rotatable bonds is 6. The number of anilines is 3. The number of piperazine rings is 1. The van der Waals surface area contributed by atoms with Crippen LogP contribution in [0.5, 0.6) is 0 Å². The Labute approximate surface area is 181 Å². The van der Waals surface area contributed by atoms with Gasteiger partial charge < -0.3 is 20.1 Å². The quantitative estimate of drug-likeness (QED) is 0.540. The first kappa shape index (κ1) is 21.0. The molecule has 1 aliphatic heterocycles. The van der Waals surface area contributed by atoms with E-state index in [0.29, 0.717) is 37.6 Å². The minimum atomic E-state index is -3.36. The molecule has 0 spiro atoms. The van der Waals surface area contributed by atoms with Crippen LogP contribution in [0.2, 0.25) is 0 Å². The third-order valence-corrected chi connectivity index (χ3v) is 5.78. The highest BCUT2D eigenvalue weighted by Gasteiger charge is 2.25. The molecule has 1 amide bonds. The molecule has 164 valence electrons. The largest absolute Gasteiger partial charge is 0.382 e. The standard InChI is InChI=1S/C21H26N6O3S/c1-3-22-18-5-4-8-23-20(18)26-9-11-27(12-10-26)21(28)19-14-15-13-16(25-31(2,29)30)6-7-17(15)24-19/h4-8,13-14,22,24-25H,3,9-12H2,1-2H3. The minimum absolute atomic E-state index is 0.0681. The van der Waals surface area contributed by atoms with Gasteiger partial charge in [-0.1, -0.05) is 0 Å². The molecule has 10 heteroatoms. The molecule has 1 fully saturated rings. The van der Waals surface area contributed by atoms with Crippen molar-refractivity contribution in [2.45, 2.75) is 6.92 Å². The van der Waals surface area contributed by atoms with Crippen molar-refractivity contribution in [1.82, 2.24) is 14.9 Å². The van der Waals surface area contributed by atoms with Gasteiger partial charge in [0.05, 0.1) is 11.9 Å². The number of benzene rings is 1. The second-order valence-electron chi connectivity index (χ2n) is 7.54. The number of nitrogens with one attached hydrogen (secondary N) is 3. The fourth-order valence-corrected chi connectivity index (χ4v) is 4.35. The Hall–Kier alpha value is -3.27. The first-order valence-corrected chi connectivity index (χ1v) is 12.1. The summed E-state index contributed by atoms with van der Waals surface area (Å²) >= 11 is 0. The molecule has 1 aromatic carbocycles. The van der Waals surface area contributed by atoms with E-state index in [0.717, 1.165) is 35.2 Å². The molecule has 9 nitrogen and oxygen atoms in total. The maximum absolute atomic E-state index is 13.0. The van der Waals surface area contributed by atoms with Crippen LogP contribution in [-0.4, -0.2) is 68.2 Å². The molecular formula is C21H26N6O3S. The van der Waals surface area contributed by atoms with Crippen LogP contribution >= 0.6 is 0 Å². The fraction of sp³-hybridized carbons (Fsp3) is 0.333. The normalized spacial score (nSPS) is 14.6. The summed E-state index contributed by atoms with van der Waals surface area (Å²) in [5.74, 6) is 0.842. The van der Waals surface area contributed by atoms with Crippen LogP contribution in [-0.2, 0) is 10.0 Å². The lowest BCUT2D eigenvalue weighted by Crippen LogP contribution is -2.49. The van der Waals surface area contributed by atoms with Gasteiger partial charge in [-0.2, -0.15) is 0 Å². The number of amides is 1. The Kier molecular flexibility index (Phi) is 5.73. The molecule has 3 aromatic rings. The van der Waals surface area contributed by atoms with Gasteiger partial charge in [0, 0.05) is 55.5 Å². The fourth-order valence-electron chi connectivity index (χ4n) is 3.79. The van der Waals surface area contributed by atoms with Gasteiger partial charge in [0.2, 0.25) is 10.0 Å². The van der Waals surface area contributed by atoms with E-state index in [-0.39, 0.29) is 5.91 Å². The highest BCUT2D eigenvalue weighted by Crippen LogP contribution is 2.25. The van der Waals surface area contributed by atoms with E-state index < -0.39 is 10.0 Å². The molecule has 1 aliphatic rings. The van der Waals surface area contributed by atoms with Crippen molar-refractivity contribution in [1.29, 1.82) is 0 Å². The number of sulfonamides is 1. The van der Waals surface area contributed by atoms with E-state index >= 15 is 0 Å². The number of H-pyrrole nitrogens is 1. The van der Waals surface area contributed by atoms with Gasteiger partial charge in [0.25, 0.3) is 5.91 Å². The molecule has 3 heterocycles. The summed E-state index contributed by atoms with van der Waals surface area (Å²) in [6, 6.07) is 10.8. The van der Waals surface area contributed by atoms with Crippen molar-refractivity contribution < 1.29 is 13.2 Å². The smallest absolute Gasteiger partial charge is 0.270 e. The van der Waals surface area contributed by atoms with Crippen molar-refractivity contribution in [2.75, 3.05) is 53.9 Å². The van der Waals surface area contributed by atoms with Crippen LogP contribution in [0.4, 0.5) is 17.2 Å². The number of aromatic amines is 1. The summed E-state index contributed by atoms with van der Waals surface area (Å²) in [4.78, 5) is 24.7. The van der Waals surface area contributed by atoms with Gasteiger partial charge >= 0.3 is 0 Å². The van der Waals surface area contributed by atoms with Crippen molar-refractivity contribution in [2.24, 2.45) is 0 Å². The Morgan fingerprint density at radius 2 is 1.94 bits per heavy atom. The molecular weight excluding hydrogens is 416 g/mol. The van der Waals surface area contributed by atoms with Gasteiger partial charge in [-0.05, 0) is 43.3 Å². The number of pyridine rings is 1. The highest BCUT2D eigenvalue weighted by atomic mass is 32.2. The second-order valence-corrected chi connectivity index (χ2v) is 9.29. The maximum Gasteiger partial charge on any atom is 0.270 e. The predicted molar refractivity (Wildman–Crippen MR) is 123 cm³/mol. The van der Waals surface area contributed by atoms with Crippen LogP contribution < -0.4 is 14.9 Å². The molecule has 0 aliphatic carbocycles. The Morgan fingerprint density at radius 1 is 1.16 bits per heavy atom. The average molecular weight is 443 g/mol. The van der Waals surface area contributed by atoms with E-state index in [4.69, 9.17) is 0 Å². The monoisotopic (exact) mass is 442 g/mol. The van der Waals surface area contributed by atoms with E-state index in [1.165, 1.54) is 0 Å². The summed E-state index contributed by atoms with van der Waals surface area (Å²) < 4.78 is 25.4. The molecule has 0 unspecified atom stereocenters. The lowest BCUT2D eigenvalue weighted by molar-refractivity contribution is 0.0741. The van der Waals surface area contributed by atoms with Crippen LogP contribution in [0.3, 0.4) is 0 Å². The second kappa shape index (κ2) is 8.46. The number of carbonyl (C=O) groups is 1.